The molecule has 0 aliphatic carbocycles. The van der Waals surface area contributed by atoms with Crippen LogP contribution in [0, 0.1) is 5.92 Å². The summed E-state index contributed by atoms with van der Waals surface area (Å²) in [4.78, 5) is 2.71. The molecule has 5 rings (SSSR count). The molecule has 2 N–H and O–H groups in total. The van der Waals surface area contributed by atoms with Crippen LogP contribution in [-0.4, -0.2) is 24.5 Å². The molecule has 0 aromatic heterocycles. The molecule has 4 aromatic carbocycles. The van der Waals surface area contributed by atoms with Gasteiger partial charge in [0.2, 0.25) is 0 Å². The van der Waals surface area contributed by atoms with Gasteiger partial charge in [0, 0.05) is 0 Å². The van der Waals surface area contributed by atoms with Gasteiger partial charge in [-0.3, -0.25) is 4.90 Å². The summed E-state index contributed by atoms with van der Waals surface area (Å²) >= 11 is 12.4. The van der Waals surface area contributed by atoms with Crippen LogP contribution < -0.4 is 5.73 Å². The fourth-order valence-electron chi connectivity index (χ4n) is 6.27. The van der Waals surface area contributed by atoms with E-state index in [4.69, 9.17) is 28.9 Å². The molecule has 0 amide bonds. The second kappa shape index (κ2) is 12.5. The summed E-state index contributed by atoms with van der Waals surface area (Å²) in [5.41, 5.74) is 11.0. The number of halogens is 2. The van der Waals surface area contributed by atoms with Gasteiger partial charge in [-0.05, 0) is 91.5 Å². The van der Waals surface area contributed by atoms with Crippen molar-refractivity contribution in [3.63, 3.8) is 0 Å². The van der Waals surface area contributed by atoms with E-state index >= 15 is 0 Å². The molecular formula is C34H36Cl2N2. The first kappa shape index (κ1) is 27.0. The molecule has 0 bridgehead atoms. The van der Waals surface area contributed by atoms with Gasteiger partial charge < -0.3 is 5.73 Å². The smallest absolute Gasteiger partial charge is 0.0972 e. The Bertz CT molecular complexity index is 1190. The highest BCUT2D eigenvalue weighted by Crippen LogP contribution is 2.44. The fraction of sp³-hybridized carbons (Fsp3) is 0.294. The molecule has 0 saturated carbocycles. The van der Waals surface area contributed by atoms with E-state index in [2.05, 4.69) is 102 Å². The number of rotatable bonds is 9. The summed E-state index contributed by atoms with van der Waals surface area (Å²) in [7, 11) is 0. The Morgan fingerprint density at radius 1 is 0.711 bits per heavy atom. The zero-order valence-electron chi connectivity index (χ0n) is 21.8. The molecule has 38 heavy (non-hydrogen) atoms. The highest BCUT2D eigenvalue weighted by Gasteiger charge is 2.43. The first-order valence-electron chi connectivity index (χ1n) is 13.7. The van der Waals surface area contributed by atoms with E-state index < -0.39 is 0 Å². The maximum absolute atomic E-state index is 6.30. The number of nitrogens with zero attached hydrogens (tertiary/aromatic N) is 1. The normalized spacial score (nSPS) is 15.9. The van der Waals surface area contributed by atoms with Gasteiger partial charge in [-0.15, -0.1) is 0 Å². The van der Waals surface area contributed by atoms with E-state index in [1.165, 1.54) is 41.5 Å². The number of hydrogen-bond acceptors (Lipinski definition) is 2. The maximum atomic E-state index is 6.30. The lowest BCUT2D eigenvalue weighted by atomic mass is 9.74. The monoisotopic (exact) mass is 542 g/mol. The minimum atomic E-state index is -0.325. The van der Waals surface area contributed by atoms with Gasteiger partial charge in [0.1, 0.15) is 0 Å². The summed E-state index contributed by atoms with van der Waals surface area (Å²) < 4.78 is 0. The summed E-state index contributed by atoms with van der Waals surface area (Å²) in [5.74, 6) is 0.989. The molecule has 4 aromatic rings. The molecular weight excluding hydrogens is 507 g/mol. The maximum Gasteiger partial charge on any atom is 0.0972 e. The third kappa shape index (κ3) is 5.55. The number of nitrogens with two attached hydrogens (primary N) is 1. The molecule has 1 heterocycles. The SMILES string of the molecule is NCC(CCC1CCN(C(c2ccccc2)(c2ccccc2)c2ccccc2)CC1)c1ccc(Cl)c(Cl)c1. The Kier molecular flexibility index (Phi) is 8.86. The van der Waals surface area contributed by atoms with Crippen LogP contribution in [0.15, 0.2) is 109 Å². The van der Waals surface area contributed by atoms with Crippen LogP contribution in [0.5, 0.6) is 0 Å². The van der Waals surface area contributed by atoms with Crippen molar-refractivity contribution in [1.82, 2.24) is 4.90 Å². The van der Waals surface area contributed by atoms with Crippen LogP contribution in [0.1, 0.15) is 53.9 Å². The average molecular weight is 544 g/mol. The Labute approximate surface area is 237 Å². The van der Waals surface area contributed by atoms with Crippen molar-refractivity contribution in [2.24, 2.45) is 11.7 Å². The molecule has 196 valence electrons. The van der Waals surface area contributed by atoms with Crippen molar-refractivity contribution in [3.05, 3.63) is 141 Å². The predicted molar refractivity (Wildman–Crippen MR) is 161 cm³/mol. The predicted octanol–water partition coefficient (Wildman–Crippen LogP) is 8.52. The van der Waals surface area contributed by atoms with Gasteiger partial charge in [-0.2, -0.15) is 0 Å². The molecule has 0 radical (unpaired) electrons. The Balaban J connectivity index is 1.38. The number of benzene rings is 4. The number of hydrogen-bond donors (Lipinski definition) is 1. The lowest BCUT2D eigenvalue weighted by Gasteiger charge is -2.48. The molecule has 2 nitrogen and oxygen atoms in total. The van der Waals surface area contributed by atoms with E-state index in [-0.39, 0.29) is 5.54 Å². The molecule has 1 atom stereocenters. The first-order valence-corrected chi connectivity index (χ1v) is 14.4. The van der Waals surface area contributed by atoms with Gasteiger partial charge >= 0.3 is 0 Å². The van der Waals surface area contributed by atoms with Crippen molar-refractivity contribution in [2.75, 3.05) is 19.6 Å². The standard InChI is InChI=1S/C34H36Cl2N2/c35-32-19-18-27(24-33(32)36)28(25-37)17-16-26-20-22-38(23-21-26)34(29-10-4-1-5-11-29,30-12-6-2-7-13-30)31-14-8-3-9-15-31/h1-15,18-19,24,26,28H,16-17,20-23,25,37H2. The first-order chi connectivity index (χ1) is 18.6. The summed E-state index contributed by atoms with van der Waals surface area (Å²) in [6, 6.07) is 39.0. The Hall–Kier alpha value is -2.62. The highest BCUT2D eigenvalue weighted by molar-refractivity contribution is 6.42. The number of likely N-dealkylation sites (tertiary alicyclic amines) is 1. The van der Waals surface area contributed by atoms with Crippen LogP contribution >= 0.6 is 23.2 Å². The highest BCUT2D eigenvalue weighted by atomic mass is 35.5. The summed E-state index contributed by atoms with van der Waals surface area (Å²) in [6.45, 7) is 2.71. The molecule has 1 unspecified atom stereocenters. The van der Waals surface area contributed by atoms with Crippen LogP contribution in [-0.2, 0) is 5.54 Å². The minimum absolute atomic E-state index is 0.305. The average Bonchev–Trinajstić information content (AvgIpc) is 2.98. The van der Waals surface area contributed by atoms with Crippen molar-refractivity contribution < 1.29 is 0 Å². The van der Waals surface area contributed by atoms with Crippen molar-refractivity contribution in [1.29, 1.82) is 0 Å². The molecule has 0 spiro atoms. The van der Waals surface area contributed by atoms with Gasteiger partial charge in [0.15, 0.2) is 0 Å². The molecule has 4 heteroatoms. The van der Waals surface area contributed by atoms with Crippen molar-refractivity contribution in [2.45, 2.75) is 37.1 Å². The quantitative estimate of drug-likeness (QED) is 0.215. The fourth-order valence-corrected chi connectivity index (χ4v) is 6.57. The third-order valence-electron chi connectivity index (χ3n) is 8.29. The van der Waals surface area contributed by atoms with Gasteiger partial charge in [-0.1, -0.05) is 120 Å². The molecule has 1 aliphatic heterocycles. The van der Waals surface area contributed by atoms with Crippen LogP contribution in [0.3, 0.4) is 0 Å². The van der Waals surface area contributed by atoms with E-state index in [0.29, 0.717) is 28.4 Å². The summed E-state index contributed by atoms with van der Waals surface area (Å²) in [6.07, 6.45) is 4.59. The second-order valence-electron chi connectivity index (χ2n) is 10.4. The van der Waals surface area contributed by atoms with Gasteiger partial charge in [0.05, 0.1) is 15.6 Å². The van der Waals surface area contributed by atoms with Crippen molar-refractivity contribution in [3.8, 4) is 0 Å². The van der Waals surface area contributed by atoms with Crippen molar-refractivity contribution >= 4 is 23.2 Å². The zero-order valence-corrected chi connectivity index (χ0v) is 23.3. The molecule has 1 fully saturated rings. The van der Waals surface area contributed by atoms with E-state index in [0.717, 1.165) is 19.5 Å². The van der Waals surface area contributed by atoms with Crippen LogP contribution in [0.2, 0.25) is 10.0 Å². The Morgan fingerprint density at radius 2 is 1.21 bits per heavy atom. The largest absolute Gasteiger partial charge is 0.330 e. The third-order valence-corrected chi connectivity index (χ3v) is 9.03. The minimum Gasteiger partial charge on any atom is -0.330 e. The van der Waals surface area contributed by atoms with Gasteiger partial charge in [0.25, 0.3) is 0 Å². The van der Waals surface area contributed by atoms with Crippen LogP contribution in [0.25, 0.3) is 0 Å². The molecule has 1 aliphatic rings. The van der Waals surface area contributed by atoms with E-state index in [9.17, 15) is 0 Å². The number of piperidine rings is 1. The Morgan fingerprint density at radius 3 is 1.66 bits per heavy atom. The second-order valence-corrected chi connectivity index (χ2v) is 11.2. The topological polar surface area (TPSA) is 29.3 Å². The molecule has 1 saturated heterocycles. The van der Waals surface area contributed by atoms with E-state index in [1.807, 2.05) is 12.1 Å². The van der Waals surface area contributed by atoms with E-state index in [1.54, 1.807) is 0 Å². The zero-order chi connectivity index (χ0) is 26.4. The lowest BCUT2D eigenvalue weighted by molar-refractivity contribution is 0.0979. The van der Waals surface area contributed by atoms with Gasteiger partial charge in [-0.25, -0.2) is 0 Å². The lowest BCUT2D eigenvalue weighted by Crippen LogP contribution is -2.51. The summed E-state index contributed by atoms with van der Waals surface area (Å²) in [5, 5.41) is 1.20. The van der Waals surface area contributed by atoms with Crippen LogP contribution in [0.4, 0.5) is 0 Å².